The fraction of sp³-hybridized carbons (Fsp3) is 0.400. The largest absolute Gasteiger partial charge is 0.483 e. The Labute approximate surface area is 169 Å². The molecule has 6 rings (SSSR count). The molecular weight excluding hydrogens is 399 g/mol. The van der Waals surface area contributed by atoms with Gasteiger partial charge in [-0.1, -0.05) is 12.8 Å². The summed E-state index contributed by atoms with van der Waals surface area (Å²) in [4.78, 5) is 16.4. The molecule has 0 radical (unpaired) electrons. The molecule has 10 heteroatoms. The number of nitrogens with one attached hydrogen (secondary N) is 2. The monoisotopic (exact) mass is 419 g/mol. The lowest BCUT2D eigenvalue weighted by atomic mass is 9.68. The average molecular weight is 419 g/mol. The van der Waals surface area contributed by atoms with E-state index in [0.29, 0.717) is 17.2 Å². The Morgan fingerprint density at radius 3 is 2.53 bits per heavy atom. The first kappa shape index (κ1) is 20.1. The zero-order valence-corrected chi connectivity index (χ0v) is 15.9. The third-order valence-corrected chi connectivity index (χ3v) is 5.91. The molecule has 3 aromatic rings. The summed E-state index contributed by atoms with van der Waals surface area (Å²) < 4.78 is 42.4. The fourth-order valence-corrected chi connectivity index (χ4v) is 4.53. The van der Waals surface area contributed by atoms with E-state index in [1.165, 1.54) is 18.9 Å². The number of pyridine rings is 2. The maximum atomic E-state index is 14.5. The van der Waals surface area contributed by atoms with Gasteiger partial charge in [0.05, 0.1) is 17.3 Å². The van der Waals surface area contributed by atoms with E-state index in [-0.39, 0.29) is 35.4 Å². The Morgan fingerprint density at radius 1 is 1.13 bits per heavy atom. The number of carbonyl (C=O) groups is 1. The van der Waals surface area contributed by atoms with Crippen LogP contribution in [0.1, 0.15) is 32.1 Å². The highest BCUT2D eigenvalue weighted by molar-refractivity contribution is 5.89. The molecule has 0 unspecified atom stereocenters. The number of hydrogen-bond donors (Lipinski definition) is 3. The van der Waals surface area contributed by atoms with Crippen LogP contribution in [0.25, 0.3) is 22.4 Å². The van der Waals surface area contributed by atoms with E-state index in [1.807, 2.05) is 0 Å². The molecule has 0 aromatic carbocycles. The second-order valence-corrected chi connectivity index (χ2v) is 7.65. The Hall–Kier alpha value is -3.17. The molecule has 158 valence electrons. The first-order chi connectivity index (χ1) is 14.5. The maximum Gasteiger partial charge on any atom is 0.290 e. The SMILES string of the molecule is Fc1cnc2n[nH]c(-c3nc(N[C@@H]4CC5CCC4CC5)c(F)cc3F)c2c1.O=CO. The Bertz CT molecular complexity index is 1070. The zero-order valence-electron chi connectivity index (χ0n) is 15.9. The molecule has 3 aliphatic rings. The smallest absolute Gasteiger partial charge is 0.290 e. The Kier molecular flexibility index (Phi) is 5.56. The van der Waals surface area contributed by atoms with Crippen LogP contribution in [-0.2, 0) is 4.79 Å². The topological polar surface area (TPSA) is 104 Å². The first-order valence-corrected chi connectivity index (χ1v) is 9.70. The number of halogens is 3. The summed E-state index contributed by atoms with van der Waals surface area (Å²) in [7, 11) is 0. The zero-order chi connectivity index (χ0) is 21.3. The number of H-pyrrole nitrogens is 1. The van der Waals surface area contributed by atoms with E-state index in [9.17, 15) is 13.2 Å². The molecule has 3 fully saturated rings. The molecule has 0 spiro atoms. The van der Waals surface area contributed by atoms with Gasteiger partial charge in [-0.15, -0.1) is 0 Å². The maximum absolute atomic E-state index is 14.5. The van der Waals surface area contributed by atoms with Gasteiger partial charge in [-0.05, 0) is 37.2 Å². The van der Waals surface area contributed by atoms with E-state index < -0.39 is 17.5 Å². The lowest BCUT2D eigenvalue weighted by molar-refractivity contribution is -0.122. The molecule has 0 saturated heterocycles. The molecule has 2 bridgehead atoms. The molecule has 0 aliphatic heterocycles. The highest BCUT2D eigenvalue weighted by Gasteiger charge is 2.36. The minimum atomic E-state index is -0.835. The number of fused-ring (bicyclic) bond motifs is 4. The summed E-state index contributed by atoms with van der Waals surface area (Å²) in [6, 6.07) is 2.17. The van der Waals surface area contributed by atoms with Gasteiger partial charge >= 0.3 is 0 Å². The van der Waals surface area contributed by atoms with E-state index in [0.717, 1.165) is 31.5 Å². The Balaban J connectivity index is 0.000000687. The van der Waals surface area contributed by atoms with Gasteiger partial charge < -0.3 is 10.4 Å². The van der Waals surface area contributed by atoms with Crippen molar-refractivity contribution < 1.29 is 23.1 Å². The summed E-state index contributed by atoms with van der Waals surface area (Å²) in [5.41, 5.74) is 0.327. The van der Waals surface area contributed by atoms with E-state index in [2.05, 4.69) is 25.5 Å². The van der Waals surface area contributed by atoms with Crippen molar-refractivity contribution >= 4 is 23.3 Å². The number of aromatic nitrogens is 4. The molecule has 3 heterocycles. The number of carboxylic acid groups (broad SMARTS) is 1. The van der Waals surface area contributed by atoms with Crippen molar-refractivity contribution in [2.45, 2.75) is 38.1 Å². The number of aromatic amines is 1. The van der Waals surface area contributed by atoms with Crippen LogP contribution < -0.4 is 5.32 Å². The number of anilines is 1. The van der Waals surface area contributed by atoms with Crippen LogP contribution in [0.5, 0.6) is 0 Å². The van der Waals surface area contributed by atoms with Gasteiger partial charge in [-0.3, -0.25) is 9.89 Å². The second kappa shape index (κ2) is 8.29. The van der Waals surface area contributed by atoms with Crippen molar-refractivity contribution in [3.8, 4) is 11.4 Å². The normalized spacial score (nSPS) is 22.4. The lowest BCUT2D eigenvalue weighted by Gasteiger charge is -2.42. The summed E-state index contributed by atoms with van der Waals surface area (Å²) in [5.74, 6) is -0.943. The van der Waals surface area contributed by atoms with Crippen molar-refractivity contribution in [1.82, 2.24) is 20.2 Å². The highest BCUT2D eigenvalue weighted by atomic mass is 19.1. The summed E-state index contributed by atoms with van der Waals surface area (Å²) in [6.07, 6.45) is 6.74. The van der Waals surface area contributed by atoms with Crippen molar-refractivity contribution in [2.75, 3.05) is 5.32 Å². The minimum Gasteiger partial charge on any atom is -0.483 e. The van der Waals surface area contributed by atoms with Gasteiger partial charge in [0.25, 0.3) is 6.47 Å². The van der Waals surface area contributed by atoms with Crippen LogP contribution in [0.3, 0.4) is 0 Å². The van der Waals surface area contributed by atoms with Crippen LogP contribution in [0.15, 0.2) is 18.3 Å². The Morgan fingerprint density at radius 2 is 1.87 bits per heavy atom. The molecule has 1 atom stereocenters. The third-order valence-electron chi connectivity index (χ3n) is 5.91. The van der Waals surface area contributed by atoms with Gasteiger partial charge in [0.15, 0.2) is 23.1 Å². The predicted octanol–water partition coefficient (Wildman–Crippen LogP) is 4.13. The van der Waals surface area contributed by atoms with Gasteiger partial charge in [-0.25, -0.2) is 23.1 Å². The standard InChI is InChI=1S/C19H18F3N5.CH2O2/c20-11-6-12-16(26-27-18(12)23-8-11)17-13(21)7-14(22)19(25-17)24-15-5-9-1-3-10(15)4-2-9;2-1-3/h6-10,15H,1-5H2,(H,24,25)(H,23,26,27);1H,(H,2,3)/t9?,10?,15-;/m1./s1. The highest BCUT2D eigenvalue weighted by Crippen LogP contribution is 2.42. The molecule has 3 aromatic heterocycles. The van der Waals surface area contributed by atoms with Crippen LogP contribution >= 0.6 is 0 Å². The quantitative estimate of drug-likeness (QED) is 0.552. The molecule has 3 N–H and O–H groups in total. The van der Waals surface area contributed by atoms with Gasteiger partial charge in [-0.2, -0.15) is 5.10 Å². The molecule has 3 saturated carbocycles. The van der Waals surface area contributed by atoms with E-state index >= 15 is 0 Å². The second-order valence-electron chi connectivity index (χ2n) is 7.65. The number of rotatable bonds is 3. The predicted molar refractivity (Wildman–Crippen MR) is 103 cm³/mol. The molecular formula is C20H20F3N5O2. The average Bonchev–Trinajstić information content (AvgIpc) is 3.14. The van der Waals surface area contributed by atoms with Crippen molar-refractivity contribution in [3.63, 3.8) is 0 Å². The van der Waals surface area contributed by atoms with Crippen molar-refractivity contribution in [3.05, 3.63) is 35.8 Å². The summed E-state index contributed by atoms with van der Waals surface area (Å²) in [5, 5.41) is 17.0. The van der Waals surface area contributed by atoms with Crippen molar-refractivity contribution in [1.29, 1.82) is 0 Å². The van der Waals surface area contributed by atoms with Crippen LogP contribution in [0, 0.1) is 29.3 Å². The van der Waals surface area contributed by atoms with Crippen molar-refractivity contribution in [2.24, 2.45) is 11.8 Å². The number of nitrogens with zero attached hydrogens (tertiary/aromatic N) is 3. The molecule has 3 aliphatic carbocycles. The van der Waals surface area contributed by atoms with Gasteiger partial charge in [0, 0.05) is 12.1 Å². The first-order valence-electron chi connectivity index (χ1n) is 9.70. The summed E-state index contributed by atoms with van der Waals surface area (Å²) >= 11 is 0. The van der Waals surface area contributed by atoms with Gasteiger partial charge in [0.2, 0.25) is 0 Å². The number of hydrogen-bond acceptors (Lipinski definition) is 5. The molecule has 0 amide bonds. The van der Waals surface area contributed by atoms with E-state index in [4.69, 9.17) is 9.90 Å². The van der Waals surface area contributed by atoms with Crippen LogP contribution in [0.4, 0.5) is 19.0 Å². The van der Waals surface area contributed by atoms with Crippen LogP contribution in [-0.4, -0.2) is 37.8 Å². The van der Waals surface area contributed by atoms with Crippen LogP contribution in [0.2, 0.25) is 0 Å². The van der Waals surface area contributed by atoms with E-state index in [1.54, 1.807) is 0 Å². The molecule has 7 nitrogen and oxygen atoms in total. The molecule has 30 heavy (non-hydrogen) atoms. The fourth-order valence-electron chi connectivity index (χ4n) is 4.53. The minimum absolute atomic E-state index is 0.0241. The van der Waals surface area contributed by atoms with Gasteiger partial charge in [0.1, 0.15) is 11.5 Å². The summed E-state index contributed by atoms with van der Waals surface area (Å²) in [6.45, 7) is -0.250. The third kappa shape index (κ3) is 3.81. The lowest BCUT2D eigenvalue weighted by Crippen LogP contribution is -2.40.